The lowest BCUT2D eigenvalue weighted by Gasteiger charge is -2.24. The van der Waals surface area contributed by atoms with Crippen LogP contribution in [0.4, 0.5) is 5.69 Å². The largest absolute Gasteiger partial charge is 0.268 e. The van der Waals surface area contributed by atoms with E-state index in [1.54, 1.807) is 5.06 Å². The van der Waals surface area contributed by atoms with Gasteiger partial charge in [0.05, 0.1) is 5.69 Å². The highest BCUT2D eigenvalue weighted by Crippen LogP contribution is 2.41. The van der Waals surface area contributed by atoms with Gasteiger partial charge in [0.25, 0.3) is 6.04 Å². The van der Waals surface area contributed by atoms with Gasteiger partial charge < -0.3 is 0 Å². The molecule has 0 bridgehead atoms. The Balaban J connectivity index is 2.08. The molecule has 23 heavy (non-hydrogen) atoms. The second-order valence-electron chi connectivity index (χ2n) is 6.11. The molecule has 2 aromatic carbocycles. The third kappa shape index (κ3) is 2.92. The predicted molar refractivity (Wildman–Crippen MR) is 88.6 cm³/mol. The van der Waals surface area contributed by atoms with Crippen molar-refractivity contribution in [2.45, 2.75) is 32.0 Å². The van der Waals surface area contributed by atoms with Crippen molar-refractivity contribution in [1.82, 2.24) is 0 Å². The number of hydrogen-bond acceptors (Lipinski definition) is 4. The molecule has 0 saturated carbocycles. The van der Waals surface area contributed by atoms with Crippen molar-refractivity contribution in [1.29, 1.82) is 0 Å². The molecule has 1 aliphatic heterocycles. The average molecular weight is 312 g/mol. The Kier molecular flexibility index (Phi) is 4.30. The van der Waals surface area contributed by atoms with Gasteiger partial charge in [-0.15, -0.1) is 0 Å². The summed E-state index contributed by atoms with van der Waals surface area (Å²) >= 11 is 0. The highest BCUT2D eigenvalue weighted by atomic mass is 16.7. The van der Waals surface area contributed by atoms with Crippen molar-refractivity contribution in [2.75, 3.05) is 5.06 Å². The SMILES string of the molecule is CC(C)[C@H]1ON(c2ccccc2)[C@H](c2ccccc2)[C@@H]1[N+](=O)[O-]. The van der Waals surface area contributed by atoms with Crippen molar-refractivity contribution in [3.63, 3.8) is 0 Å². The fourth-order valence-electron chi connectivity index (χ4n) is 3.11. The first-order chi connectivity index (χ1) is 11.1. The second-order valence-corrected chi connectivity index (χ2v) is 6.11. The fraction of sp³-hybridized carbons (Fsp3) is 0.333. The van der Waals surface area contributed by atoms with Gasteiger partial charge in [-0.05, 0) is 23.6 Å². The van der Waals surface area contributed by atoms with Crippen molar-refractivity contribution in [2.24, 2.45) is 5.92 Å². The van der Waals surface area contributed by atoms with Gasteiger partial charge in [0.2, 0.25) is 0 Å². The molecule has 5 heteroatoms. The van der Waals surface area contributed by atoms with Crippen LogP contribution >= 0.6 is 0 Å². The molecule has 0 aromatic heterocycles. The lowest BCUT2D eigenvalue weighted by atomic mass is 9.91. The molecule has 0 spiro atoms. The quantitative estimate of drug-likeness (QED) is 0.635. The van der Waals surface area contributed by atoms with Gasteiger partial charge >= 0.3 is 0 Å². The van der Waals surface area contributed by atoms with E-state index in [-0.39, 0.29) is 10.8 Å². The molecule has 5 nitrogen and oxygen atoms in total. The van der Waals surface area contributed by atoms with E-state index in [1.165, 1.54) is 0 Å². The van der Waals surface area contributed by atoms with E-state index in [0.29, 0.717) is 0 Å². The minimum Gasteiger partial charge on any atom is -0.264 e. The zero-order valence-corrected chi connectivity index (χ0v) is 13.2. The number of rotatable bonds is 4. The molecule has 2 aromatic rings. The van der Waals surface area contributed by atoms with Crippen molar-refractivity contribution in [3.8, 4) is 0 Å². The highest BCUT2D eigenvalue weighted by molar-refractivity contribution is 5.48. The van der Waals surface area contributed by atoms with Gasteiger partial charge in [0.1, 0.15) is 0 Å². The molecule has 0 aliphatic carbocycles. The van der Waals surface area contributed by atoms with E-state index in [2.05, 4.69) is 0 Å². The Hall–Kier alpha value is -2.40. The first-order valence-corrected chi connectivity index (χ1v) is 7.79. The van der Waals surface area contributed by atoms with Crippen molar-refractivity contribution < 1.29 is 9.76 Å². The van der Waals surface area contributed by atoms with Gasteiger partial charge in [0, 0.05) is 4.92 Å². The Morgan fingerprint density at radius 1 is 1.04 bits per heavy atom. The molecule has 1 aliphatic rings. The molecule has 1 fully saturated rings. The number of anilines is 1. The van der Waals surface area contributed by atoms with Gasteiger partial charge in [0.15, 0.2) is 12.1 Å². The van der Waals surface area contributed by atoms with Crippen LogP contribution in [-0.2, 0) is 4.84 Å². The Morgan fingerprint density at radius 3 is 2.13 bits per heavy atom. The van der Waals surface area contributed by atoms with Gasteiger partial charge in [-0.1, -0.05) is 62.4 Å². The first kappa shape index (κ1) is 15.5. The maximum atomic E-state index is 11.8. The minimum atomic E-state index is -0.808. The monoisotopic (exact) mass is 312 g/mol. The summed E-state index contributed by atoms with van der Waals surface area (Å²) < 4.78 is 0. The smallest absolute Gasteiger partial charge is 0.264 e. The Morgan fingerprint density at radius 2 is 1.61 bits per heavy atom. The van der Waals surface area contributed by atoms with Gasteiger partial charge in [-0.2, -0.15) is 0 Å². The summed E-state index contributed by atoms with van der Waals surface area (Å²) in [6, 6.07) is 17.9. The molecular formula is C18H20N2O3. The minimum absolute atomic E-state index is 0.0466. The van der Waals surface area contributed by atoms with Crippen LogP contribution in [0.2, 0.25) is 0 Å². The van der Waals surface area contributed by atoms with Crippen LogP contribution in [-0.4, -0.2) is 17.1 Å². The highest BCUT2D eigenvalue weighted by Gasteiger charge is 2.53. The lowest BCUT2D eigenvalue weighted by molar-refractivity contribution is -0.531. The zero-order chi connectivity index (χ0) is 16.4. The number of hydrogen-bond donors (Lipinski definition) is 0. The molecule has 3 rings (SSSR count). The molecule has 0 unspecified atom stereocenters. The Labute approximate surface area is 135 Å². The van der Waals surface area contributed by atoms with E-state index < -0.39 is 18.2 Å². The van der Waals surface area contributed by atoms with Crippen LogP contribution in [0.15, 0.2) is 60.7 Å². The van der Waals surface area contributed by atoms with Crippen molar-refractivity contribution >= 4 is 5.69 Å². The number of nitrogens with zero attached hydrogens (tertiary/aromatic N) is 2. The van der Waals surface area contributed by atoms with Crippen LogP contribution < -0.4 is 5.06 Å². The van der Waals surface area contributed by atoms with E-state index in [4.69, 9.17) is 4.84 Å². The Bertz CT molecular complexity index is 660. The average Bonchev–Trinajstić information content (AvgIpc) is 2.97. The normalized spacial score (nSPS) is 24.1. The summed E-state index contributed by atoms with van der Waals surface area (Å²) in [5.41, 5.74) is 1.72. The summed E-state index contributed by atoms with van der Waals surface area (Å²) in [7, 11) is 0. The molecule has 3 atom stereocenters. The summed E-state index contributed by atoms with van der Waals surface area (Å²) in [4.78, 5) is 17.6. The zero-order valence-electron chi connectivity index (χ0n) is 13.2. The summed E-state index contributed by atoms with van der Waals surface area (Å²) in [5.74, 6) is 0.0466. The number of para-hydroxylation sites is 1. The maximum absolute atomic E-state index is 11.8. The topological polar surface area (TPSA) is 55.6 Å². The third-order valence-corrected chi connectivity index (χ3v) is 4.20. The summed E-state index contributed by atoms with van der Waals surface area (Å²) in [6.07, 6.45) is -0.463. The van der Waals surface area contributed by atoms with E-state index in [1.807, 2.05) is 74.5 Å². The molecule has 1 heterocycles. The molecule has 0 amide bonds. The first-order valence-electron chi connectivity index (χ1n) is 7.79. The standard InChI is InChI=1S/C18H20N2O3/c1-13(2)18-17(20(21)22)16(14-9-5-3-6-10-14)19(23-18)15-11-7-4-8-12-15/h3-13,16-18H,1-2H3/t16-,17+,18-/m1/s1. The number of benzene rings is 2. The van der Waals surface area contributed by atoms with Gasteiger partial charge in [-0.25, -0.2) is 5.06 Å². The molecular weight excluding hydrogens is 292 g/mol. The molecule has 1 saturated heterocycles. The van der Waals surface area contributed by atoms with Crippen LogP contribution in [0.3, 0.4) is 0 Å². The van der Waals surface area contributed by atoms with E-state index in [9.17, 15) is 10.1 Å². The predicted octanol–water partition coefficient (Wildman–Crippen LogP) is 3.85. The van der Waals surface area contributed by atoms with Crippen LogP contribution in [0.25, 0.3) is 0 Å². The number of hydroxylamine groups is 1. The molecule has 0 N–H and O–H groups in total. The third-order valence-electron chi connectivity index (χ3n) is 4.20. The number of nitro groups is 1. The van der Waals surface area contributed by atoms with Crippen LogP contribution in [0.1, 0.15) is 25.5 Å². The van der Waals surface area contributed by atoms with Crippen LogP contribution in [0, 0.1) is 16.0 Å². The summed E-state index contributed by atoms with van der Waals surface area (Å²) in [6.45, 7) is 3.91. The second kappa shape index (κ2) is 6.38. The molecule has 0 radical (unpaired) electrons. The summed E-state index contributed by atoms with van der Waals surface area (Å²) in [5, 5.41) is 13.5. The van der Waals surface area contributed by atoms with Crippen LogP contribution in [0.5, 0.6) is 0 Å². The fourth-order valence-corrected chi connectivity index (χ4v) is 3.11. The van der Waals surface area contributed by atoms with Gasteiger partial charge in [-0.3, -0.25) is 15.0 Å². The molecule has 120 valence electrons. The van der Waals surface area contributed by atoms with E-state index in [0.717, 1.165) is 11.3 Å². The maximum Gasteiger partial charge on any atom is 0.268 e. The van der Waals surface area contributed by atoms with E-state index >= 15 is 0 Å². The van der Waals surface area contributed by atoms with Crippen molar-refractivity contribution in [3.05, 3.63) is 76.3 Å². The lowest BCUT2D eigenvalue weighted by Crippen LogP contribution is -2.37.